The van der Waals surface area contributed by atoms with Gasteiger partial charge in [-0.3, -0.25) is 9.89 Å². The van der Waals surface area contributed by atoms with Crippen LogP contribution in [0.15, 0.2) is 29.3 Å². The summed E-state index contributed by atoms with van der Waals surface area (Å²) in [7, 11) is 0. The first-order chi connectivity index (χ1) is 11.1. The Hall–Kier alpha value is -0.820. The molecule has 24 heavy (non-hydrogen) atoms. The van der Waals surface area contributed by atoms with Crippen molar-refractivity contribution >= 4 is 29.9 Å². The van der Waals surface area contributed by atoms with Gasteiger partial charge in [0.2, 0.25) is 0 Å². The second kappa shape index (κ2) is 10.9. The minimum Gasteiger partial charge on any atom is -0.370 e. The highest BCUT2D eigenvalue weighted by atomic mass is 127. The Labute approximate surface area is 164 Å². The summed E-state index contributed by atoms with van der Waals surface area (Å²) >= 11 is 0. The van der Waals surface area contributed by atoms with Crippen molar-refractivity contribution in [2.24, 2.45) is 16.6 Å². The molecule has 0 aliphatic carbocycles. The minimum atomic E-state index is 0. The Balaban J connectivity index is 0.00000288. The van der Waals surface area contributed by atoms with Gasteiger partial charge in [-0.15, -0.1) is 24.0 Å². The maximum absolute atomic E-state index is 6.06. The van der Waals surface area contributed by atoms with Gasteiger partial charge in [0.25, 0.3) is 0 Å². The van der Waals surface area contributed by atoms with E-state index in [2.05, 4.69) is 59.8 Å². The molecular weight excluding hydrogens is 411 g/mol. The third kappa shape index (κ3) is 6.59. The van der Waals surface area contributed by atoms with E-state index >= 15 is 0 Å². The molecule has 0 radical (unpaired) electrons. The zero-order chi connectivity index (χ0) is 16.7. The van der Waals surface area contributed by atoms with Gasteiger partial charge in [-0.05, 0) is 58.2 Å². The number of aryl methyl sites for hydroxylation is 1. The normalized spacial score (nSPS) is 16.7. The Morgan fingerprint density at radius 2 is 1.75 bits per heavy atom. The van der Waals surface area contributed by atoms with Crippen LogP contribution in [-0.4, -0.2) is 48.5 Å². The predicted molar refractivity (Wildman–Crippen MR) is 114 cm³/mol. The van der Waals surface area contributed by atoms with Gasteiger partial charge in [0.05, 0.1) is 0 Å². The number of likely N-dealkylation sites (tertiary alicyclic amines) is 1. The van der Waals surface area contributed by atoms with Gasteiger partial charge < -0.3 is 10.6 Å². The van der Waals surface area contributed by atoms with Crippen LogP contribution in [0, 0.1) is 12.8 Å². The van der Waals surface area contributed by atoms with Gasteiger partial charge in [0, 0.05) is 26.2 Å². The number of nitrogens with zero attached hydrogens (tertiary/aromatic N) is 3. The first-order valence-electron chi connectivity index (χ1n) is 8.95. The molecule has 0 atom stereocenters. The molecule has 1 aromatic rings. The SMILES string of the molecule is CCN(CC)C(N)=NCC1CCN(Cc2ccc(C)cc2)CC1.I. The third-order valence-electron chi connectivity index (χ3n) is 4.83. The standard InChI is InChI=1S/C19H32N4.HI/c1-4-23(5-2)19(20)21-14-17-10-12-22(13-11-17)15-18-8-6-16(3)7-9-18;/h6-9,17H,4-5,10-15H2,1-3H3,(H2,20,21);1H. The van der Waals surface area contributed by atoms with Gasteiger partial charge >= 0.3 is 0 Å². The molecule has 0 aromatic heterocycles. The Morgan fingerprint density at radius 3 is 2.29 bits per heavy atom. The Bertz CT molecular complexity index is 489. The molecule has 1 heterocycles. The lowest BCUT2D eigenvalue weighted by atomic mass is 9.96. The molecule has 0 bridgehead atoms. The predicted octanol–water partition coefficient (Wildman–Crippen LogP) is 3.48. The van der Waals surface area contributed by atoms with E-state index in [0.717, 1.165) is 26.2 Å². The molecule has 1 aliphatic rings. The van der Waals surface area contributed by atoms with E-state index in [1.54, 1.807) is 0 Å². The quantitative estimate of drug-likeness (QED) is 0.415. The summed E-state index contributed by atoms with van der Waals surface area (Å²) in [5, 5.41) is 0. The highest BCUT2D eigenvalue weighted by Crippen LogP contribution is 2.19. The second-order valence-corrected chi connectivity index (χ2v) is 6.58. The molecule has 5 heteroatoms. The number of piperidine rings is 1. The van der Waals surface area contributed by atoms with Crippen molar-refractivity contribution in [2.75, 3.05) is 32.7 Å². The number of benzene rings is 1. The monoisotopic (exact) mass is 444 g/mol. The van der Waals surface area contributed by atoms with E-state index in [1.807, 2.05) is 0 Å². The molecule has 0 unspecified atom stereocenters. The van der Waals surface area contributed by atoms with E-state index in [-0.39, 0.29) is 24.0 Å². The molecule has 2 N–H and O–H groups in total. The summed E-state index contributed by atoms with van der Waals surface area (Å²) < 4.78 is 0. The van der Waals surface area contributed by atoms with Crippen molar-refractivity contribution in [2.45, 2.75) is 40.2 Å². The fourth-order valence-corrected chi connectivity index (χ4v) is 3.15. The molecule has 0 saturated carbocycles. The number of hydrogen-bond acceptors (Lipinski definition) is 2. The Morgan fingerprint density at radius 1 is 1.17 bits per heavy atom. The number of hydrogen-bond donors (Lipinski definition) is 1. The molecule has 2 rings (SSSR count). The van der Waals surface area contributed by atoms with Crippen LogP contribution in [0.5, 0.6) is 0 Å². The lowest BCUT2D eigenvalue weighted by molar-refractivity contribution is 0.180. The fourth-order valence-electron chi connectivity index (χ4n) is 3.15. The van der Waals surface area contributed by atoms with Crippen LogP contribution in [0.2, 0.25) is 0 Å². The average molecular weight is 444 g/mol. The number of halogens is 1. The van der Waals surface area contributed by atoms with Crippen LogP contribution in [0.1, 0.15) is 37.8 Å². The largest absolute Gasteiger partial charge is 0.370 e. The van der Waals surface area contributed by atoms with E-state index in [1.165, 1.54) is 37.1 Å². The van der Waals surface area contributed by atoms with Crippen LogP contribution in [0.4, 0.5) is 0 Å². The summed E-state index contributed by atoms with van der Waals surface area (Å²) in [5.41, 5.74) is 8.81. The first kappa shape index (κ1) is 21.2. The summed E-state index contributed by atoms with van der Waals surface area (Å²) in [6.45, 7) is 12.5. The molecule has 136 valence electrons. The zero-order valence-corrected chi connectivity index (χ0v) is 17.7. The van der Waals surface area contributed by atoms with Gasteiger partial charge in [-0.25, -0.2) is 0 Å². The van der Waals surface area contributed by atoms with E-state index < -0.39 is 0 Å². The summed E-state index contributed by atoms with van der Waals surface area (Å²) in [4.78, 5) is 9.28. The number of guanidine groups is 1. The van der Waals surface area contributed by atoms with Crippen molar-refractivity contribution in [1.82, 2.24) is 9.80 Å². The topological polar surface area (TPSA) is 44.9 Å². The van der Waals surface area contributed by atoms with Crippen molar-refractivity contribution in [3.8, 4) is 0 Å². The van der Waals surface area contributed by atoms with Gasteiger partial charge in [0.1, 0.15) is 0 Å². The molecule has 1 aliphatic heterocycles. The number of nitrogens with two attached hydrogens (primary N) is 1. The highest BCUT2D eigenvalue weighted by molar-refractivity contribution is 14.0. The zero-order valence-electron chi connectivity index (χ0n) is 15.4. The molecule has 1 aromatic carbocycles. The smallest absolute Gasteiger partial charge is 0.191 e. The molecule has 0 amide bonds. The maximum atomic E-state index is 6.06. The molecule has 1 saturated heterocycles. The first-order valence-corrected chi connectivity index (χ1v) is 8.95. The van der Waals surface area contributed by atoms with Crippen molar-refractivity contribution < 1.29 is 0 Å². The minimum absolute atomic E-state index is 0. The highest BCUT2D eigenvalue weighted by Gasteiger charge is 2.19. The van der Waals surface area contributed by atoms with Gasteiger partial charge in [0.15, 0.2) is 5.96 Å². The van der Waals surface area contributed by atoms with E-state index in [9.17, 15) is 0 Å². The second-order valence-electron chi connectivity index (χ2n) is 6.58. The number of aliphatic imine (C=N–C) groups is 1. The van der Waals surface area contributed by atoms with Crippen LogP contribution in [0.25, 0.3) is 0 Å². The van der Waals surface area contributed by atoms with Gasteiger partial charge in [-0.1, -0.05) is 29.8 Å². The average Bonchev–Trinajstić information content (AvgIpc) is 2.57. The van der Waals surface area contributed by atoms with Crippen molar-refractivity contribution in [3.05, 3.63) is 35.4 Å². The summed E-state index contributed by atoms with van der Waals surface area (Å²) in [6.07, 6.45) is 2.45. The molecular formula is C19H33IN4. The van der Waals surface area contributed by atoms with E-state index in [4.69, 9.17) is 5.73 Å². The third-order valence-corrected chi connectivity index (χ3v) is 4.83. The lowest BCUT2D eigenvalue weighted by Gasteiger charge is -2.31. The Kier molecular flexibility index (Phi) is 9.66. The van der Waals surface area contributed by atoms with Crippen LogP contribution in [-0.2, 0) is 6.54 Å². The van der Waals surface area contributed by atoms with Gasteiger partial charge in [-0.2, -0.15) is 0 Å². The van der Waals surface area contributed by atoms with Crippen molar-refractivity contribution in [1.29, 1.82) is 0 Å². The van der Waals surface area contributed by atoms with Crippen LogP contribution < -0.4 is 5.73 Å². The van der Waals surface area contributed by atoms with E-state index in [0.29, 0.717) is 11.9 Å². The molecule has 0 spiro atoms. The molecule has 4 nitrogen and oxygen atoms in total. The lowest BCUT2D eigenvalue weighted by Crippen LogP contribution is -2.38. The van der Waals surface area contributed by atoms with Crippen LogP contribution in [0.3, 0.4) is 0 Å². The molecule has 1 fully saturated rings. The maximum Gasteiger partial charge on any atom is 0.191 e. The fraction of sp³-hybridized carbons (Fsp3) is 0.632. The summed E-state index contributed by atoms with van der Waals surface area (Å²) in [5.74, 6) is 1.38. The van der Waals surface area contributed by atoms with Crippen LogP contribution >= 0.6 is 24.0 Å². The van der Waals surface area contributed by atoms with Crippen molar-refractivity contribution in [3.63, 3.8) is 0 Å². The number of rotatable bonds is 6. The summed E-state index contributed by atoms with van der Waals surface area (Å²) in [6, 6.07) is 8.90.